The number of likely N-dealkylation sites (N-methyl/N-ethyl adjacent to an activating group) is 1. The van der Waals surface area contributed by atoms with E-state index in [1.54, 1.807) is 6.92 Å². The predicted molar refractivity (Wildman–Crippen MR) is 102 cm³/mol. The molecule has 0 amide bonds. The molecule has 0 radical (unpaired) electrons. The Labute approximate surface area is 152 Å². The third-order valence-electron chi connectivity index (χ3n) is 4.76. The normalized spacial score (nSPS) is 11.5. The molecule has 0 aliphatic heterocycles. The average molecular weight is 356 g/mol. The van der Waals surface area contributed by atoms with E-state index in [9.17, 15) is 4.79 Å². The molecule has 1 aromatic carbocycles. The van der Waals surface area contributed by atoms with Crippen LogP contribution in [0.2, 0.25) is 0 Å². The summed E-state index contributed by atoms with van der Waals surface area (Å²) in [6.07, 6.45) is 0. The van der Waals surface area contributed by atoms with Gasteiger partial charge in [0.1, 0.15) is 16.9 Å². The topological polar surface area (TPSA) is 87.5 Å². The second kappa shape index (κ2) is 7.70. The van der Waals surface area contributed by atoms with Crippen molar-refractivity contribution in [2.45, 2.75) is 27.3 Å². The SMILES string of the molecule is CCOC(=O)c1c(N)n(CC[NH+](CC)CC)c2nc3ccccc3nc12. The van der Waals surface area contributed by atoms with Crippen molar-refractivity contribution < 1.29 is 14.4 Å². The fourth-order valence-corrected chi connectivity index (χ4v) is 3.22. The van der Waals surface area contributed by atoms with Gasteiger partial charge in [-0.1, -0.05) is 12.1 Å². The molecule has 26 heavy (non-hydrogen) atoms. The zero-order valence-electron chi connectivity index (χ0n) is 15.6. The van der Waals surface area contributed by atoms with Gasteiger partial charge in [-0.3, -0.25) is 0 Å². The van der Waals surface area contributed by atoms with E-state index in [0.29, 0.717) is 29.1 Å². The highest BCUT2D eigenvalue weighted by Crippen LogP contribution is 2.28. The molecule has 3 aromatic rings. The molecule has 7 heteroatoms. The van der Waals surface area contributed by atoms with Gasteiger partial charge >= 0.3 is 5.97 Å². The number of nitrogens with zero attached hydrogens (tertiary/aromatic N) is 3. The molecule has 0 saturated carbocycles. The summed E-state index contributed by atoms with van der Waals surface area (Å²) in [7, 11) is 0. The van der Waals surface area contributed by atoms with E-state index in [2.05, 4.69) is 18.8 Å². The van der Waals surface area contributed by atoms with Crippen LogP contribution in [0.1, 0.15) is 31.1 Å². The van der Waals surface area contributed by atoms with Crippen molar-refractivity contribution >= 4 is 34.0 Å². The summed E-state index contributed by atoms with van der Waals surface area (Å²) in [5.74, 6) is -0.0752. The largest absolute Gasteiger partial charge is 0.462 e. The molecule has 0 unspecified atom stereocenters. The number of carbonyl (C=O) groups is 1. The summed E-state index contributed by atoms with van der Waals surface area (Å²) in [6, 6.07) is 7.61. The van der Waals surface area contributed by atoms with Crippen molar-refractivity contribution in [1.29, 1.82) is 0 Å². The van der Waals surface area contributed by atoms with Crippen LogP contribution in [0.5, 0.6) is 0 Å². The first-order chi connectivity index (χ1) is 12.6. The summed E-state index contributed by atoms with van der Waals surface area (Å²) in [5.41, 5.74) is 9.33. The average Bonchev–Trinajstić information content (AvgIpc) is 2.91. The highest BCUT2D eigenvalue weighted by molar-refractivity contribution is 6.08. The lowest BCUT2D eigenvalue weighted by Gasteiger charge is -2.16. The minimum absolute atomic E-state index is 0.287. The van der Waals surface area contributed by atoms with Crippen molar-refractivity contribution in [1.82, 2.24) is 14.5 Å². The van der Waals surface area contributed by atoms with Crippen LogP contribution in [-0.2, 0) is 11.3 Å². The third kappa shape index (κ3) is 3.22. The van der Waals surface area contributed by atoms with Crippen LogP contribution in [0.3, 0.4) is 0 Å². The van der Waals surface area contributed by atoms with Gasteiger partial charge in [-0.05, 0) is 32.9 Å². The number of quaternary nitrogens is 1. The molecule has 138 valence electrons. The Balaban J connectivity index is 2.17. The van der Waals surface area contributed by atoms with Crippen molar-refractivity contribution in [2.24, 2.45) is 0 Å². The number of nitrogens with two attached hydrogens (primary N) is 1. The van der Waals surface area contributed by atoms with Crippen molar-refractivity contribution in [3.05, 3.63) is 29.8 Å². The van der Waals surface area contributed by atoms with Gasteiger partial charge in [0.15, 0.2) is 5.65 Å². The molecular formula is C19H26N5O2+. The molecule has 3 N–H and O–H groups in total. The number of hydrogen-bond acceptors (Lipinski definition) is 5. The van der Waals surface area contributed by atoms with Crippen LogP contribution in [-0.4, -0.2) is 46.7 Å². The van der Waals surface area contributed by atoms with E-state index in [0.717, 1.165) is 30.7 Å². The summed E-state index contributed by atoms with van der Waals surface area (Å²) < 4.78 is 7.10. The molecular weight excluding hydrogens is 330 g/mol. The fraction of sp³-hybridized carbons (Fsp3) is 0.421. The number of aromatic nitrogens is 3. The Kier molecular flexibility index (Phi) is 5.37. The molecule has 7 nitrogen and oxygen atoms in total. The number of para-hydroxylation sites is 2. The van der Waals surface area contributed by atoms with Gasteiger partial charge in [0.25, 0.3) is 0 Å². The number of benzene rings is 1. The van der Waals surface area contributed by atoms with Gasteiger partial charge in [0, 0.05) is 0 Å². The molecule has 2 aromatic heterocycles. The van der Waals surface area contributed by atoms with Gasteiger partial charge in [-0.2, -0.15) is 0 Å². The van der Waals surface area contributed by atoms with E-state index in [1.165, 1.54) is 4.90 Å². The van der Waals surface area contributed by atoms with Crippen LogP contribution in [0.25, 0.3) is 22.2 Å². The Hall–Kier alpha value is -2.67. The van der Waals surface area contributed by atoms with Crippen molar-refractivity contribution in [2.75, 3.05) is 32.0 Å². The Morgan fingerprint density at radius 3 is 2.42 bits per heavy atom. The Bertz CT molecular complexity index is 930. The molecule has 0 spiro atoms. The first-order valence-corrected chi connectivity index (χ1v) is 9.15. The van der Waals surface area contributed by atoms with Gasteiger partial charge in [0.05, 0.1) is 43.8 Å². The number of anilines is 1. The minimum Gasteiger partial charge on any atom is -0.462 e. The third-order valence-corrected chi connectivity index (χ3v) is 4.76. The number of esters is 1. The first-order valence-electron chi connectivity index (χ1n) is 9.15. The smallest absolute Gasteiger partial charge is 0.344 e. The number of fused-ring (bicyclic) bond motifs is 2. The highest BCUT2D eigenvalue weighted by atomic mass is 16.5. The molecule has 0 atom stereocenters. The number of hydrogen-bond donors (Lipinski definition) is 2. The number of rotatable bonds is 7. The molecule has 0 fully saturated rings. The molecule has 0 aliphatic rings. The van der Waals surface area contributed by atoms with E-state index in [1.807, 2.05) is 28.8 Å². The second-order valence-electron chi connectivity index (χ2n) is 6.22. The summed E-state index contributed by atoms with van der Waals surface area (Å²) >= 11 is 0. The number of carbonyl (C=O) groups excluding carboxylic acids is 1. The van der Waals surface area contributed by atoms with Crippen LogP contribution >= 0.6 is 0 Å². The van der Waals surface area contributed by atoms with Crippen molar-refractivity contribution in [3.8, 4) is 0 Å². The zero-order valence-corrected chi connectivity index (χ0v) is 15.6. The van der Waals surface area contributed by atoms with Gasteiger partial charge in [0.2, 0.25) is 0 Å². The van der Waals surface area contributed by atoms with Gasteiger partial charge in [-0.15, -0.1) is 0 Å². The van der Waals surface area contributed by atoms with Crippen LogP contribution in [0.15, 0.2) is 24.3 Å². The maximum absolute atomic E-state index is 12.5. The number of nitrogens with one attached hydrogen (secondary N) is 1. The lowest BCUT2D eigenvalue weighted by atomic mass is 10.2. The van der Waals surface area contributed by atoms with Crippen LogP contribution < -0.4 is 10.6 Å². The highest BCUT2D eigenvalue weighted by Gasteiger charge is 2.25. The molecule has 0 saturated heterocycles. The van der Waals surface area contributed by atoms with E-state index in [-0.39, 0.29) is 6.61 Å². The lowest BCUT2D eigenvalue weighted by molar-refractivity contribution is -0.897. The van der Waals surface area contributed by atoms with Gasteiger partial charge in [-0.25, -0.2) is 14.8 Å². The van der Waals surface area contributed by atoms with E-state index < -0.39 is 5.97 Å². The maximum Gasteiger partial charge on any atom is 0.344 e. The van der Waals surface area contributed by atoms with E-state index >= 15 is 0 Å². The molecule has 0 aliphatic carbocycles. The zero-order chi connectivity index (χ0) is 18.7. The van der Waals surface area contributed by atoms with Crippen molar-refractivity contribution in [3.63, 3.8) is 0 Å². The monoisotopic (exact) mass is 356 g/mol. The standard InChI is InChI=1S/C19H25N5O2/c1-4-23(5-2)11-12-24-17(20)15(19(25)26-6-3)16-18(24)22-14-10-8-7-9-13(14)21-16/h7-10H,4-6,11-12,20H2,1-3H3/p+1. The fourth-order valence-electron chi connectivity index (χ4n) is 3.22. The Morgan fingerprint density at radius 1 is 1.15 bits per heavy atom. The molecule has 3 rings (SSSR count). The quantitative estimate of drug-likeness (QED) is 0.623. The number of nitrogen functional groups attached to an aromatic ring is 1. The minimum atomic E-state index is -0.450. The van der Waals surface area contributed by atoms with Crippen LogP contribution in [0, 0.1) is 0 Å². The summed E-state index contributed by atoms with van der Waals surface area (Å²) in [4.78, 5) is 23.3. The predicted octanol–water partition coefficient (Wildman–Crippen LogP) is 1.27. The number of ether oxygens (including phenoxy) is 1. The molecule has 2 heterocycles. The summed E-state index contributed by atoms with van der Waals surface area (Å²) in [5, 5.41) is 0. The maximum atomic E-state index is 12.5. The Morgan fingerprint density at radius 2 is 1.81 bits per heavy atom. The lowest BCUT2D eigenvalue weighted by Crippen LogP contribution is -3.11. The van der Waals surface area contributed by atoms with Crippen LogP contribution in [0.4, 0.5) is 5.82 Å². The second-order valence-corrected chi connectivity index (χ2v) is 6.22. The van der Waals surface area contributed by atoms with Gasteiger partial charge < -0.3 is 19.9 Å². The van der Waals surface area contributed by atoms with E-state index in [4.69, 9.17) is 15.5 Å². The summed E-state index contributed by atoms with van der Waals surface area (Å²) in [6.45, 7) is 10.0. The first kappa shape index (κ1) is 18.1. The molecule has 0 bridgehead atoms.